The van der Waals surface area contributed by atoms with Crippen LogP contribution in [0.25, 0.3) is 0 Å². The van der Waals surface area contributed by atoms with Gasteiger partial charge in [-0.25, -0.2) is 17.9 Å². The Hall–Kier alpha value is -1.51. The summed E-state index contributed by atoms with van der Waals surface area (Å²) in [5, 5.41) is 0.0123. The van der Waals surface area contributed by atoms with Crippen LogP contribution in [0.15, 0.2) is 23.1 Å². The van der Waals surface area contributed by atoms with Gasteiger partial charge in [0.2, 0.25) is 10.0 Å². The Balaban J connectivity index is 2.78. The van der Waals surface area contributed by atoms with Crippen LogP contribution >= 0.6 is 11.6 Å². The van der Waals surface area contributed by atoms with Crippen molar-refractivity contribution in [2.75, 3.05) is 18.9 Å². The Morgan fingerprint density at radius 3 is 2.67 bits per heavy atom. The number of ether oxygens (including phenoxy) is 1. The highest BCUT2D eigenvalue weighted by Crippen LogP contribution is 2.26. The number of hydrogen-bond donors (Lipinski definition) is 3. The minimum Gasteiger partial charge on any atom is -0.448 e. The SMILES string of the molecule is NC(=O)OCCNS(=O)(=O)c1c(N)cccc1Cl. The maximum atomic E-state index is 11.9. The number of carbonyl (C=O) groups is 1. The van der Waals surface area contributed by atoms with Crippen molar-refractivity contribution in [3.05, 3.63) is 23.2 Å². The van der Waals surface area contributed by atoms with Crippen LogP contribution in [0.5, 0.6) is 0 Å². The van der Waals surface area contributed by atoms with Gasteiger partial charge >= 0.3 is 6.09 Å². The van der Waals surface area contributed by atoms with Gasteiger partial charge in [-0.3, -0.25) is 0 Å². The second-order valence-electron chi connectivity index (χ2n) is 3.22. The van der Waals surface area contributed by atoms with Gasteiger partial charge in [0.05, 0.1) is 10.7 Å². The fourth-order valence-corrected chi connectivity index (χ4v) is 2.89. The fraction of sp³-hybridized carbons (Fsp3) is 0.222. The quantitative estimate of drug-likeness (QED) is 0.532. The predicted molar refractivity (Wildman–Crippen MR) is 66.6 cm³/mol. The van der Waals surface area contributed by atoms with E-state index in [1.165, 1.54) is 18.2 Å². The smallest absolute Gasteiger partial charge is 0.404 e. The van der Waals surface area contributed by atoms with Crippen molar-refractivity contribution in [2.45, 2.75) is 4.90 Å². The second kappa shape index (κ2) is 5.89. The molecule has 0 bridgehead atoms. The molecule has 1 rings (SSSR count). The van der Waals surface area contributed by atoms with Crippen LogP contribution in [-0.4, -0.2) is 27.7 Å². The molecule has 0 aliphatic heterocycles. The van der Waals surface area contributed by atoms with E-state index in [0.717, 1.165) is 0 Å². The van der Waals surface area contributed by atoms with Gasteiger partial charge in [-0.05, 0) is 12.1 Å². The summed E-state index contributed by atoms with van der Waals surface area (Å²) in [6.45, 7) is -0.311. The number of hydrogen-bond acceptors (Lipinski definition) is 5. The van der Waals surface area contributed by atoms with E-state index in [1.54, 1.807) is 0 Å². The van der Waals surface area contributed by atoms with Crippen molar-refractivity contribution in [1.82, 2.24) is 4.72 Å². The monoisotopic (exact) mass is 293 g/mol. The van der Waals surface area contributed by atoms with Gasteiger partial charge in [-0.1, -0.05) is 17.7 Å². The zero-order valence-corrected chi connectivity index (χ0v) is 10.8. The zero-order chi connectivity index (χ0) is 13.8. The minimum atomic E-state index is -3.86. The fourth-order valence-electron chi connectivity index (χ4n) is 1.21. The van der Waals surface area contributed by atoms with Gasteiger partial charge in [-0.2, -0.15) is 0 Å². The van der Waals surface area contributed by atoms with Crippen molar-refractivity contribution in [3.8, 4) is 0 Å². The van der Waals surface area contributed by atoms with Crippen molar-refractivity contribution in [1.29, 1.82) is 0 Å². The lowest BCUT2D eigenvalue weighted by molar-refractivity contribution is 0.159. The average molecular weight is 294 g/mol. The summed E-state index contributed by atoms with van der Waals surface area (Å²) in [7, 11) is -3.86. The highest BCUT2D eigenvalue weighted by Gasteiger charge is 2.20. The normalized spacial score (nSPS) is 11.2. The molecule has 0 atom stereocenters. The third-order valence-corrected chi connectivity index (χ3v) is 3.91. The number of nitrogens with one attached hydrogen (secondary N) is 1. The molecule has 9 heteroatoms. The molecule has 1 amide bonds. The number of sulfonamides is 1. The Labute approximate surface area is 109 Å². The van der Waals surface area contributed by atoms with E-state index in [4.69, 9.17) is 23.1 Å². The standard InChI is InChI=1S/C9H12ClN3O4S/c10-6-2-1-3-7(11)8(6)18(15,16)13-4-5-17-9(12)14/h1-3,13H,4-5,11H2,(H2,12,14). The van der Waals surface area contributed by atoms with E-state index >= 15 is 0 Å². The molecule has 0 fully saturated rings. The topological polar surface area (TPSA) is 125 Å². The molecule has 1 aromatic rings. The largest absolute Gasteiger partial charge is 0.448 e. The van der Waals surface area contributed by atoms with E-state index in [9.17, 15) is 13.2 Å². The predicted octanol–water partition coefficient (Wildman–Crippen LogP) is 0.296. The summed E-state index contributed by atoms with van der Waals surface area (Å²) in [6.07, 6.45) is -0.980. The molecular formula is C9H12ClN3O4S. The highest BCUT2D eigenvalue weighted by atomic mass is 35.5. The number of nitrogen functional groups attached to an aromatic ring is 1. The van der Waals surface area contributed by atoms with E-state index < -0.39 is 16.1 Å². The van der Waals surface area contributed by atoms with Gasteiger partial charge in [0, 0.05) is 6.54 Å². The molecular weight excluding hydrogens is 282 g/mol. The van der Waals surface area contributed by atoms with Gasteiger partial charge in [0.1, 0.15) is 11.5 Å². The molecule has 100 valence electrons. The Kier molecular flexibility index (Phi) is 4.76. The Morgan fingerprint density at radius 2 is 2.11 bits per heavy atom. The number of carbonyl (C=O) groups excluding carboxylic acids is 1. The molecule has 0 saturated carbocycles. The first-order valence-electron chi connectivity index (χ1n) is 4.80. The average Bonchev–Trinajstić information content (AvgIpc) is 2.23. The number of rotatable bonds is 5. The molecule has 0 saturated heterocycles. The Bertz CT molecular complexity index is 526. The molecule has 1 aromatic carbocycles. The van der Waals surface area contributed by atoms with E-state index in [1.807, 2.05) is 0 Å². The summed E-state index contributed by atoms with van der Waals surface area (Å²) in [4.78, 5) is 10.1. The third kappa shape index (κ3) is 3.76. The summed E-state index contributed by atoms with van der Waals surface area (Å²) in [6, 6.07) is 4.36. The third-order valence-electron chi connectivity index (χ3n) is 1.90. The number of halogens is 1. The van der Waals surface area contributed by atoms with E-state index in [0.29, 0.717) is 0 Å². The van der Waals surface area contributed by atoms with Crippen molar-refractivity contribution < 1.29 is 17.9 Å². The summed E-state index contributed by atoms with van der Waals surface area (Å²) in [5.41, 5.74) is 10.3. The molecule has 0 aliphatic carbocycles. The van der Waals surface area contributed by atoms with Crippen LogP contribution in [0.4, 0.5) is 10.5 Å². The molecule has 0 unspecified atom stereocenters. The first kappa shape index (κ1) is 14.6. The zero-order valence-electron chi connectivity index (χ0n) is 9.22. The van der Waals surface area contributed by atoms with Crippen LogP contribution < -0.4 is 16.2 Å². The molecule has 0 spiro atoms. The lowest BCUT2D eigenvalue weighted by atomic mass is 10.3. The summed E-state index contributed by atoms with van der Waals surface area (Å²) < 4.78 is 30.3. The number of benzene rings is 1. The molecule has 18 heavy (non-hydrogen) atoms. The lowest BCUT2D eigenvalue weighted by Gasteiger charge is -2.10. The van der Waals surface area contributed by atoms with Crippen LogP contribution in [0.2, 0.25) is 5.02 Å². The molecule has 0 aromatic heterocycles. The summed E-state index contributed by atoms with van der Waals surface area (Å²) in [5.74, 6) is 0. The van der Waals surface area contributed by atoms with Crippen LogP contribution in [-0.2, 0) is 14.8 Å². The summed E-state index contributed by atoms with van der Waals surface area (Å²) >= 11 is 5.77. The molecule has 0 radical (unpaired) electrons. The molecule has 0 aliphatic rings. The van der Waals surface area contributed by atoms with Gasteiger partial charge in [-0.15, -0.1) is 0 Å². The lowest BCUT2D eigenvalue weighted by Crippen LogP contribution is -2.29. The first-order chi connectivity index (χ1) is 8.34. The van der Waals surface area contributed by atoms with Crippen LogP contribution in [0.1, 0.15) is 0 Å². The van der Waals surface area contributed by atoms with Crippen molar-refractivity contribution >= 4 is 33.4 Å². The first-order valence-corrected chi connectivity index (χ1v) is 6.66. The number of primary amides is 1. The number of amides is 1. The second-order valence-corrected chi connectivity index (χ2v) is 5.33. The van der Waals surface area contributed by atoms with Gasteiger partial charge < -0.3 is 16.2 Å². The molecule has 0 heterocycles. The highest BCUT2D eigenvalue weighted by molar-refractivity contribution is 7.89. The number of anilines is 1. The van der Waals surface area contributed by atoms with Gasteiger partial charge in [0.15, 0.2) is 0 Å². The maximum Gasteiger partial charge on any atom is 0.404 e. The molecule has 5 N–H and O–H groups in total. The maximum absolute atomic E-state index is 11.9. The Morgan fingerprint density at radius 1 is 1.44 bits per heavy atom. The van der Waals surface area contributed by atoms with Crippen molar-refractivity contribution in [3.63, 3.8) is 0 Å². The van der Waals surface area contributed by atoms with Crippen LogP contribution in [0.3, 0.4) is 0 Å². The van der Waals surface area contributed by atoms with Crippen molar-refractivity contribution in [2.24, 2.45) is 5.73 Å². The minimum absolute atomic E-state index is 0.0123. The van der Waals surface area contributed by atoms with Gasteiger partial charge in [0.25, 0.3) is 0 Å². The molecule has 7 nitrogen and oxygen atoms in total. The van der Waals surface area contributed by atoms with Crippen LogP contribution in [0, 0.1) is 0 Å². The number of nitrogens with two attached hydrogens (primary N) is 2. The van der Waals surface area contributed by atoms with E-state index in [2.05, 4.69) is 9.46 Å². The van der Waals surface area contributed by atoms with E-state index in [-0.39, 0.29) is 28.8 Å².